The molecule has 1 aliphatic heterocycles. The van der Waals surface area contributed by atoms with E-state index in [1.165, 1.54) is 11.4 Å². The van der Waals surface area contributed by atoms with Crippen molar-refractivity contribution in [2.24, 2.45) is 0 Å². The molecule has 4 aromatic rings. The normalized spacial score (nSPS) is 14.5. The molecule has 2 aromatic carbocycles. The number of hydrogen-bond donors (Lipinski definition) is 1. The first-order valence-corrected chi connectivity index (χ1v) is 14.5. The molecule has 0 bridgehead atoms. The first kappa shape index (κ1) is 26.8. The number of carbonyl (C=O) groups excluding carboxylic acids is 1. The minimum Gasteiger partial charge on any atom is -0.495 e. The number of rotatable bonds is 6. The molecule has 0 aliphatic carbocycles. The molecule has 0 radical (unpaired) electrons. The number of ether oxygens (including phenoxy) is 1. The largest absolute Gasteiger partial charge is 0.495 e. The Balaban J connectivity index is 1.69. The monoisotopic (exact) mass is 547 g/mol. The van der Waals surface area contributed by atoms with E-state index < -0.39 is 15.9 Å². The van der Waals surface area contributed by atoms with Crippen LogP contribution in [0.4, 0.5) is 5.69 Å². The number of benzene rings is 2. The number of carbonyl (C=O) groups is 1. The van der Waals surface area contributed by atoms with Crippen molar-refractivity contribution < 1.29 is 17.9 Å². The molecule has 1 amide bonds. The molecule has 10 heteroatoms. The second-order valence-corrected chi connectivity index (χ2v) is 12.0. The number of aryl methyl sites for hydroxylation is 4. The van der Waals surface area contributed by atoms with E-state index in [9.17, 15) is 13.2 Å². The summed E-state index contributed by atoms with van der Waals surface area (Å²) in [5, 5.41) is 7.63. The van der Waals surface area contributed by atoms with E-state index in [2.05, 4.69) is 10.4 Å². The summed E-state index contributed by atoms with van der Waals surface area (Å²) in [6, 6.07) is 12.6. The Kier molecular flexibility index (Phi) is 7.17. The van der Waals surface area contributed by atoms with Gasteiger partial charge in [-0.3, -0.25) is 4.79 Å². The molecule has 5 rings (SSSR count). The molecule has 0 spiro atoms. The predicted octanol–water partition coefficient (Wildman–Crippen LogP) is 5.07. The summed E-state index contributed by atoms with van der Waals surface area (Å²) in [5.41, 5.74) is 5.88. The van der Waals surface area contributed by atoms with Gasteiger partial charge < -0.3 is 10.1 Å². The van der Waals surface area contributed by atoms with Crippen LogP contribution in [0.5, 0.6) is 5.75 Å². The van der Waals surface area contributed by atoms with Crippen molar-refractivity contribution >= 4 is 27.3 Å². The Morgan fingerprint density at radius 2 is 1.72 bits per heavy atom. The molecule has 0 unspecified atom stereocenters. The molecule has 39 heavy (non-hydrogen) atoms. The van der Waals surface area contributed by atoms with Crippen LogP contribution < -0.4 is 10.1 Å². The lowest BCUT2D eigenvalue weighted by molar-refractivity contribution is 0.102. The molecular weight excluding hydrogens is 514 g/mol. The maximum atomic E-state index is 13.7. The molecule has 1 N–H and O–H groups in total. The van der Waals surface area contributed by atoms with Gasteiger partial charge in [0.05, 0.1) is 12.7 Å². The number of fused-ring (bicyclic) bond motifs is 1. The second kappa shape index (κ2) is 10.4. The van der Waals surface area contributed by atoms with Gasteiger partial charge in [-0.2, -0.15) is 9.40 Å². The number of methoxy groups -OCH3 is 1. The summed E-state index contributed by atoms with van der Waals surface area (Å²) in [4.78, 5) is 18.5. The van der Waals surface area contributed by atoms with Gasteiger partial charge in [0.2, 0.25) is 10.0 Å². The standard InChI is InChI=1S/C29H33N5O4S/c1-18-9-11-23(19(2)15-18)31-29(35)27-26(28-30-20(3)16-21(4)34(28)32-27)22-10-12-24(38-5)25(17-22)39(36,37)33-13-7-6-8-14-33/h9-12,15-17H,6-8,13-14H2,1-5H3,(H,31,35). The predicted molar refractivity (Wildman–Crippen MR) is 151 cm³/mol. The van der Waals surface area contributed by atoms with E-state index in [0.29, 0.717) is 35.6 Å². The van der Waals surface area contributed by atoms with E-state index in [-0.39, 0.29) is 16.3 Å². The van der Waals surface area contributed by atoms with Crippen molar-refractivity contribution in [3.8, 4) is 16.9 Å². The third-order valence-corrected chi connectivity index (χ3v) is 9.05. The van der Waals surface area contributed by atoms with Gasteiger partial charge in [-0.1, -0.05) is 30.2 Å². The number of sulfonamides is 1. The number of nitrogens with zero attached hydrogens (tertiary/aromatic N) is 4. The van der Waals surface area contributed by atoms with Crippen LogP contribution in [0.3, 0.4) is 0 Å². The number of hydrogen-bond acceptors (Lipinski definition) is 6. The lowest BCUT2D eigenvalue weighted by atomic mass is 10.0. The van der Waals surface area contributed by atoms with Gasteiger partial charge >= 0.3 is 0 Å². The quantitative estimate of drug-likeness (QED) is 0.362. The maximum Gasteiger partial charge on any atom is 0.276 e. The first-order chi connectivity index (χ1) is 18.6. The Morgan fingerprint density at radius 3 is 2.41 bits per heavy atom. The molecular formula is C29H33N5O4S. The summed E-state index contributed by atoms with van der Waals surface area (Å²) in [6.07, 6.45) is 2.65. The van der Waals surface area contributed by atoms with E-state index in [1.807, 2.05) is 52.0 Å². The first-order valence-electron chi connectivity index (χ1n) is 13.0. The second-order valence-electron chi connectivity index (χ2n) is 10.1. The van der Waals surface area contributed by atoms with Gasteiger partial charge in [0.25, 0.3) is 5.91 Å². The van der Waals surface area contributed by atoms with Crippen molar-refractivity contribution in [3.63, 3.8) is 0 Å². The van der Waals surface area contributed by atoms with Crippen LogP contribution in [-0.2, 0) is 10.0 Å². The van der Waals surface area contributed by atoms with E-state index in [0.717, 1.165) is 41.8 Å². The third-order valence-electron chi connectivity index (χ3n) is 7.13. The van der Waals surface area contributed by atoms with Crippen LogP contribution in [0, 0.1) is 27.7 Å². The number of aromatic nitrogens is 3. The topological polar surface area (TPSA) is 106 Å². The summed E-state index contributed by atoms with van der Waals surface area (Å²) < 4.78 is 36.0. The molecule has 3 heterocycles. The third kappa shape index (κ3) is 5.02. The fraction of sp³-hybridized carbons (Fsp3) is 0.345. The van der Waals surface area contributed by atoms with Crippen molar-refractivity contribution in [3.05, 3.63) is 70.7 Å². The number of amides is 1. The van der Waals surface area contributed by atoms with Gasteiger partial charge in [0, 0.05) is 30.2 Å². The summed E-state index contributed by atoms with van der Waals surface area (Å²) >= 11 is 0. The van der Waals surface area contributed by atoms with E-state index in [4.69, 9.17) is 9.72 Å². The average molecular weight is 548 g/mol. The summed E-state index contributed by atoms with van der Waals surface area (Å²) in [5.74, 6) is -0.154. The molecule has 204 valence electrons. The Bertz CT molecular complexity index is 1690. The van der Waals surface area contributed by atoms with Gasteiger partial charge in [0.15, 0.2) is 11.3 Å². The fourth-order valence-electron chi connectivity index (χ4n) is 5.16. The van der Waals surface area contributed by atoms with Crippen molar-refractivity contribution in [2.45, 2.75) is 51.9 Å². The van der Waals surface area contributed by atoms with Crippen LogP contribution in [0.25, 0.3) is 16.8 Å². The zero-order valence-corrected chi connectivity index (χ0v) is 23.7. The summed E-state index contributed by atoms with van der Waals surface area (Å²) in [6.45, 7) is 8.63. The maximum absolute atomic E-state index is 13.7. The molecule has 0 atom stereocenters. The van der Waals surface area contributed by atoms with Crippen molar-refractivity contribution in [1.82, 2.24) is 18.9 Å². The SMILES string of the molecule is COc1ccc(-c2c(C(=O)Nc3ccc(C)cc3C)nn3c(C)cc(C)nc23)cc1S(=O)(=O)N1CCCCC1. The minimum atomic E-state index is -3.82. The molecule has 9 nitrogen and oxygen atoms in total. The molecule has 1 saturated heterocycles. The molecule has 0 saturated carbocycles. The zero-order chi connectivity index (χ0) is 27.9. The van der Waals surface area contributed by atoms with Gasteiger partial charge in [-0.15, -0.1) is 0 Å². The van der Waals surface area contributed by atoms with Crippen molar-refractivity contribution in [1.29, 1.82) is 0 Å². The number of piperidine rings is 1. The zero-order valence-electron chi connectivity index (χ0n) is 22.9. The lowest BCUT2D eigenvalue weighted by Gasteiger charge is -2.26. The Hall–Kier alpha value is -3.76. The summed E-state index contributed by atoms with van der Waals surface area (Å²) in [7, 11) is -2.36. The van der Waals surface area contributed by atoms with Crippen LogP contribution in [0.1, 0.15) is 52.3 Å². The average Bonchev–Trinajstić information content (AvgIpc) is 3.30. The highest BCUT2D eigenvalue weighted by Gasteiger charge is 2.31. The lowest BCUT2D eigenvalue weighted by Crippen LogP contribution is -2.35. The fourth-order valence-corrected chi connectivity index (χ4v) is 6.86. The molecule has 1 aliphatic rings. The van der Waals surface area contributed by atoms with Crippen LogP contribution in [0.2, 0.25) is 0 Å². The highest BCUT2D eigenvalue weighted by atomic mass is 32.2. The molecule has 1 fully saturated rings. The minimum absolute atomic E-state index is 0.0638. The van der Waals surface area contributed by atoms with Gasteiger partial charge in [-0.25, -0.2) is 17.9 Å². The Morgan fingerprint density at radius 1 is 0.974 bits per heavy atom. The highest BCUT2D eigenvalue weighted by molar-refractivity contribution is 7.89. The van der Waals surface area contributed by atoms with Crippen LogP contribution in [-0.4, -0.2) is 53.4 Å². The van der Waals surface area contributed by atoms with Crippen molar-refractivity contribution in [2.75, 3.05) is 25.5 Å². The highest BCUT2D eigenvalue weighted by Crippen LogP contribution is 2.36. The molecule has 2 aromatic heterocycles. The van der Waals surface area contributed by atoms with Crippen LogP contribution >= 0.6 is 0 Å². The number of anilines is 1. The number of nitrogens with one attached hydrogen (secondary N) is 1. The van der Waals surface area contributed by atoms with E-state index in [1.54, 1.807) is 22.7 Å². The van der Waals surface area contributed by atoms with Crippen LogP contribution in [0.15, 0.2) is 47.4 Å². The smallest absolute Gasteiger partial charge is 0.276 e. The van der Waals surface area contributed by atoms with E-state index >= 15 is 0 Å². The van der Waals surface area contributed by atoms with Gasteiger partial charge in [0.1, 0.15) is 10.6 Å². The van der Waals surface area contributed by atoms with Gasteiger partial charge in [-0.05, 0) is 75.9 Å². The Labute approximate surface area is 228 Å².